The van der Waals surface area contributed by atoms with Gasteiger partial charge >= 0.3 is 0 Å². The van der Waals surface area contributed by atoms with Crippen LogP contribution in [0.2, 0.25) is 5.02 Å². The van der Waals surface area contributed by atoms with Gasteiger partial charge in [0.2, 0.25) is 17.6 Å². The molecule has 2 heterocycles. The van der Waals surface area contributed by atoms with Crippen molar-refractivity contribution in [2.75, 3.05) is 0 Å². The largest absolute Gasteiger partial charge is 0.350 e. The van der Waals surface area contributed by atoms with Gasteiger partial charge in [-0.15, -0.1) is 0 Å². The number of halogens is 1. The van der Waals surface area contributed by atoms with Crippen molar-refractivity contribution in [3.8, 4) is 11.4 Å². The fourth-order valence-corrected chi connectivity index (χ4v) is 2.23. The molecule has 0 spiro atoms. The molecule has 0 bridgehead atoms. The van der Waals surface area contributed by atoms with E-state index in [1.165, 1.54) is 0 Å². The highest BCUT2D eigenvalue weighted by Gasteiger charge is 2.13. The number of carbonyl (C=O) groups is 1. The van der Waals surface area contributed by atoms with E-state index in [1.807, 2.05) is 12.1 Å². The Labute approximate surface area is 142 Å². The number of amides is 1. The van der Waals surface area contributed by atoms with E-state index in [9.17, 15) is 4.79 Å². The molecule has 0 unspecified atom stereocenters. The molecule has 2 aromatic heterocycles. The standard InChI is InChI=1S/C15H14ClN5O3/c1-9-12(20-24-19-9)8-17-13(22)6-7-14-18-15(21-23-14)10-4-2-3-5-11(10)16/h2-5H,6-8H2,1H3,(H,17,22). The minimum absolute atomic E-state index is 0.158. The van der Waals surface area contributed by atoms with E-state index in [0.717, 1.165) is 0 Å². The molecule has 1 aromatic carbocycles. The minimum atomic E-state index is -0.158. The molecule has 0 fully saturated rings. The van der Waals surface area contributed by atoms with E-state index in [-0.39, 0.29) is 18.9 Å². The Bertz CT molecular complexity index is 845. The first-order chi connectivity index (χ1) is 11.6. The van der Waals surface area contributed by atoms with Crippen molar-refractivity contribution in [2.45, 2.75) is 26.3 Å². The number of aryl methyl sites for hydroxylation is 2. The Morgan fingerprint density at radius 2 is 2.08 bits per heavy atom. The van der Waals surface area contributed by atoms with Crippen molar-refractivity contribution in [3.63, 3.8) is 0 Å². The smallest absolute Gasteiger partial charge is 0.227 e. The highest BCUT2D eigenvalue weighted by atomic mass is 35.5. The average Bonchev–Trinajstić information content (AvgIpc) is 3.20. The number of benzene rings is 1. The maximum atomic E-state index is 11.9. The summed E-state index contributed by atoms with van der Waals surface area (Å²) in [6, 6.07) is 7.22. The number of aromatic nitrogens is 4. The zero-order chi connectivity index (χ0) is 16.9. The van der Waals surface area contributed by atoms with E-state index in [0.29, 0.717) is 40.1 Å². The first-order valence-electron chi connectivity index (χ1n) is 7.25. The molecule has 1 amide bonds. The fourth-order valence-electron chi connectivity index (χ4n) is 2.01. The van der Waals surface area contributed by atoms with Crippen LogP contribution in [0.5, 0.6) is 0 Å². The second-order valence-electron chi connectivity index (χ2n) is 5.06. The predicted molar refractivity (Wildman–Crippen MR) is 83.9 cm³/mol. The monoisotopic (exact) mass is 347 g/mol. The lowest BCUT2D eigenvalue weighted by Gasteiger charge is -2.01. The predicted octanol–water partition coefficient (Wildman–Crippen LogP) is 2.33. The maximum absolute atomic E-state index is 11.9. The number of carbonyl (C=O) groups excluding carboxylic acids is 1. The summed E-state index contributed by atoms with van der Waals surface area (Å²) < 4.78 is 9.72. The molecule has 0 aliphatic rings. The van der Waals surface area contributed by atoms with Crippen LogP contribution in [-0.4, -0.2) is 26.4 Å². The number of nitrogens with zero attached hydrogens (tertiary/aromatic N) is 4. The van der Waals surface area contributed by atoms with Crippen LogP contribution in [0.15, 0.2) is 33.4 Å². The molecule has 0 radical (unpaired) electrons. The topological polar surface area (TPSA) is 107 Å². The summed E-state index contributed by atoms with van der Waals surface area (Å²) in [5.41, 5.74) is 1.94. The van der Waals surface area contributed by atoms with E-state index < -0.39 is 0 Å². The second-order valence-corrected chi connectivity index (χ2v) is 5.47. The van der Waals surface area contributed by atoms with Crippen LogP contribution in [0, 0.1) is 6.92 Å². The van der Waals surface area contributed by atoms with Gasteiger partial charge in [0.15, 0.2) is 0 Å². The highest BCUT2D eigenvalue weighted by molar-refractivity contribution is 6.33. The molecule has 1 N–H and O–H groups in total. The van der Waals surface area contributed by atoms with Crippen molar-refractivity contribution in [1.82, 2.24) is 25.8 Å². The molecule has 0 aliphatic heterocycles. The molecule has 3 aromatic rings. The number of hydrogen-bond donors (Lipinski definition) is 1. The number of nitrogens with one attached hydrogen (secondary N) is 1. The van der Waals surface area contributed by atoms with Gasteiger partial charge in [-0.25, -0.2) is 4.63 Å². The molecule has 0 saturated carbocycles. The zero-order valence-electron chi connectivity index (χ0n) is 12.8. The van der Waals surface area contributed by atoms with Gasteiger partial charge in [-0.2, -0.15) is 4.98 Å². The summed E-state index contributed by atoms with van der Waals surface area (Å²) in [5, 5.41) is 14.5. The number of hydrogen-bond acceptors (Lipinski definition) is 7. The number of rotatable bonds is 6. The van der Waals surface area contributed by atoms with E-state index in [1.54, 1.807) is 19.1 Å². The van der Waals surface area contributed by atoms with E-state index in [2.05, 4.69) is 30.4 Å². The third-order valence-electron chi connectivity index (χ3n) is 3.35. The van der Waals surface area contributed by atoms with Crippen LogP contribution < -0.4 is 5.32 Å². The lowest BCUT2D eigenvalue weighted by atomic mass is 10.2. The SMILES string of the molecule is Cc1nonc1CNC(=O)CCc1nc(-c2ccccc2Cl)no1. The Morgan fingerprint density at radius 3 is 2.83 bits per heavy atom. The maximum Gasteiger partial charge on any atom is 0.227 e. The van der Waals surface area contributed by atoms with Gasteiger partial charge in [-0.05, 0) is 19.1 Å². The molecule has 3 rings (SSSR count). The Morgan fingerprint density at radius 1 is 1.25 bits per heavy atom. The summed E-state index contributed by atoms with van der Waals surface area (Å²) >= 11 is 6.09. The molecule has 0 aliphatic carbocycles. The lowest BCUT2D eigenvalue weighted by Crippen LogP contribution is -2.23. The van der Waals surface area contributed by atoms with Crippen LogP contribution in [0.4, 0.5) is 0 Å². The van der Waals surface area contributed by atoms with Gasteiger partial charge in [0.25, 0.3) is 0 Å². The van der Waals surface area contributed by atoms with Gasteiger partial charge in [0.1, 0.15) is 11.4 Å². The van der Waals surface area contributed by atoms with Gasteiger partial charge < -0.3 is 9.84 Å². The van der Waals surface area contributed by atoms with Gasteiger partial charge in [0, 0.05) is 18.4 Å². The zero-order valence-corrected chi connectivity index (χ0v) is 13.6. The molecule has 8 nitrogen and oxygen atoms in total. The Hall–Kier alpha value is -2.74. The molecule has 0 saturated heterocycles. The third kappa shape index (κ3) is 3.77. The Balaban J connectivity index is 1.53. The molecule has 9 heteroatoms. The average molecular weight is 348 g/mol. The van der Waals surface area contributed by atoms with Crippen molar-refractivity contribution in [1.29, 1.82) is 0 Å². The van der Waals surface area contributed by atoms with Gasteiger partial charge in [0.05, 0.1) is 11.6 Å². The van der Waals surface area contributed by atoms with Crippen LogP contribution in [0.1, 0.15) is 23.7 Å². The lowest BCUT2D eigenvalue weighted by molar-refractivity contribution is -0.121. The highest BCUT2D eigenvalue weighted by Crippen LogP contribution is 2.24. The Kier molecular flexibility index (Phi) is 4.85. The summed E-state index contributed by atoms with van der Waals surface area (Å²) in [4.78, 5) is 16.1. The quantitative estimate of drug-likeness (QED) is 0.729. The van der Waals surface area contributed by atoms with Crippen molar-refractivity contribution >= 4 is 17.5 Å². The van der Waals surface area contributed by atoms with Gasteiger partial charge in [-0.3, -0.25) is 4.79 Å². The van der Waals surface area contributed by atoms with Gasteiger partial charge in [-0.1, -0.05) is 39.2 Å². The molecular weight excluding hydrogens is 334 g/mol. The third-order valence-corrected chi connectivity index (χ3v) is 3.68. The van der Waals surface area contributed by atoms with Crippen LogP contribution >= 0.6 is 11.6 Å². The minimum Gasteiger partial charge on any atom is -0.350 e. The van der Waals surface area contributed by atoms with Crippen molar-refractivity contribution in [3.05, 3.63) is 46.6 Å². The second kappa shape index (κ2) is 7.22. The van der Waals surface area contributed by atoms with Crippen molar-refractivity contribution < 1.29 is 13.9 Å². The first-order valence-corrected chi connectivity index (χ1v) is 7.63. The molecular formula is C15H14ClN5O3. The van der Waals surface area contributed by atoms with Crippen LogP contribution in [0.3, 0.4) is 0 Å². The van der Waals surface area contributed by atoms with E-state index in [4.69, 9.17) is 16.1 Å². The van der Waals surface area contributed by atoms with E-state index >= 15 is 0 Å². The summed E-state index contributed by atoms with van der Waals surface area (Å²) in [7, 11) is 0. The van der Waals surface area contributed by atoms with Crippen molar-refractivity contribution in [2.24, 2.45) is 0 Å². The molecule has 24 heavy (non-hydrogen) atoms. The molecule has 0 atom stereocenters. The summed E-state index contributed by atoms with van der Waals surface area (Å²) in [6.45, 7) is 2.02. The van der Waals surface area contributed by atoms with Crippen LogP contribution in [0.25, 0.3) is 11.4 Å². The van der Waals surface area contributed by atoms with Crippen LogP contribution in [-0.2, 0) is 17.8 Å². The molecule has 124 valence electrons. The normalized spacial score (nSPS) is 10.8. The fraction of sp³-hybridized carbons (Fsp3) is 0.267. The first kappa shape index (κ1) is 16.1. The summed E-state index contributed by atoms with van der Waals surface area (Å²) in [5.74, 6) is 0.620. The summed E-state index contributed by atoms with van der Waals surface area (Å²) in [6.07, 6.45) is 0.549.